The summed E-state index contributed by atoms with van der Waals surface area (Å²) in [6.07, 6.45) is 10.3. The van der Waals surface area contributed by atoms with Crippen molar-refractivity contribution >= 4 is 5.78 Å². The zero-order valence-electron chi connectivity index (χ0n) is 10.7. The Morgan fingerprint density at radius 1 is 1.25 bits per heavy atom. The summed E-state index contributed by atoms with van der Waals surface area (Å²) in [5.41, 5.74) is 5.50. The van der Waals surface area contributed by atoms with Crippen molar-refractivity contribution in [2.75, 3.05) is 6.54 Å². The van der Waals surface area contributed by atoms with Gasteiger partial charge in [-0.15, -0.1) is 0 Å². The summed E-state index contributed by atoms with van der Waals surface area (Å²) in [4.78, 5) is 11.8. The van der Waals surface area contributed by atoms with Gasteiger partial charge in [-0.1, -0.05) is 39.0 Å². The van der Waals surface area contributed by atoms with Gasteiger partial charge >= 0.3 is 0 Å². The summed E-state index contributed by atoms with van der Waals surface area (Å²) in [6.45, 7) is 2.94. The van der Waals surface area contributed by atoms with E-state index in [4.69, 9.17) is 5.73 Å². The molecule has 0 amide bonds. The van der Waals surface area contributed by atoms with E-state index >= 15 is 0 Å². The van der Waals surface area contributed by atoms with Gasteiger partial charge in [0.15, 0.2) is 0 Å². The van der Waals surface area contributed by atoms with Crippen LogP contribution in [-0.2, 0) is 4.79 Å². The first-order valence-corrected chi connectivity index (χ1v) is 6.94. The predicted molar refractivity (Wildman–Crippen MR) is 68.3 cm³/mol. The molecule has 1 aliphatic rings. The molecule has 0 heterocycles. The monoisotopic (exact) mass is 225 g/mol. The minimum Gasteiger partial charge on any atom is -0.330 e. The second kappa shape index (κ2) is 7.83. The highest BCUT2D eigenvalue weighted by molar-refractivity contribution is 5.78. The van der Waals surface area contributed by atoms with Crippen LogP contribution < -0.4 is 5.73 Å². The summed E-state index contributed by atoms with van der Waals surface area (Å²) in [5.74, 6) is 1.79. The van der Waals surface area contributed by atoms with E-state index in [2.05, 4.69) is 6.92 Å². The van der Waals surface area contributed by atoms with Gasteiger partial charge in [-0.05, 0) is 31.2 Å². The Hall–Kier alpha value is -0.370. The fraction of sp³-hybridized carbons (Fsp3) is 0.929. The minimum atomic E-state index is 0.482. The normalized spacial score (nSPS) is 19.6. The van der Waals surface area contributed by atoms with E-state index in [-0.39, 0.29) is 0 Å². The molecule has 0 aromatic rings. The average Bonchev–Trinajstić information content (AvgIpc) is 2.28. The minimum absolute atomic E-state index is 0.482. The molecule has 1 aliphatic carbocycles. The van der Waals surface area contributed by atoms with Gasteiger partial charge in [-0.25, -0.2) is 0 Å². The lowest BCUT2D eigenvalue weighted by Crippen LogP contribution is -2.13. The van der Waals surface area contributed by atoms with Crippen LogP contribution in [0.1, 0.15) is 64.7 Å². The Morgan fingerprint density at radius 2 is 1.94 bits per heavy atom. The third kappa shape index (κ3) is 5.64. The van der Waals surface area contributed by atoms with E-state index in [1.165, 1.54) is 32.1 Å². The molecule has 16 heavy (non-hydrogen) atoms. The fourth-order valence-corrected chi connectivity index (χ4v) is 2.65. The molecule has 1 atom stereocenters. The van der Waals surface area contributed by atoms with Gasteiger partial charge in [0.1, 0.15) is 5.78 Å². The topological polar surface area (TPSA) is 43.1 Å². The lowest BCUT2D eigenvalue weighted by Gasteiger charge is -2.20. The Morgan fingerprint density at radius 3 is 2.56 bits per heavy atom. The summed E-state index contributed by atoms with van der Waals surface area (Å²) >= 11 is 0. The average molecular weight is 225 g/mol. The van der Waals surface area contributed by atoms with E-state index in [9.17, 15) is 4.79 Å². The fourth-order valence-electron chi connectivity index (χ4n) is 2.65. The van der Waals surface area contributed by atoms with Crippen molar-refractivity contribution in [1.82, 2.24) is 0 Å². The van der Waals surface area contributed by atoms with Gasteiger partial charge in [0.25, 0.3) is 0 Å². The van der Waals surface area contributed by atoms with Crippen LogP contribution in [0.2, 0.25) is 0 Å². The van der Waals surface area contributed by atoms with Crippen LogP contribution in [0.4, 0.5) is 0 Å². The number of rotatable bonds is 7. The van der Waals surface area contributed by atoms with Crippen LogP contribution in [-0.4, -0.2) is 12.3 Å². The molecule has 0 spiro atoms. The van der Waals surface area contributed by atoms with Crippen molar-refractivity contribution in [3.05, 3.63) is 0 Å². The Balaban J connectivity index is 2.10. The standard InChI is InChI=1S/C14H27NO/c1-12(9-10-15)7-8-14(16)11-13-5-3-2-4-6-13/h12-13H,2-11,15H2,1H3. The number of carbonyl (C=O) groups is 1. The predicted octanol–water partition coefficient (Wildman–Crippen LogP) is 3.29. The molecular weight excluding hydrogens is 198 g/mol. The maximum absolute atomic E-state index is 11.8. The number of nitrogens with two attached hydrogens (primary N) is 1. The van der Waals surface area contributed by atoms with Gasteiger partial charge in [0, 0.05) is 12.8 Å². The van der Waals surface area contributed by atoms with Crippen LogP contribution in [0.15, 0.2) is 0 Å². The summed E-state index contributed by atoms with van der Waals surface area (Å²) in [6, 6.07) is 0. The largest absolute Gasteiger partial charge is 0.330 e. The van der Waals surface area contributed by atoms with Crippen molar-refractivity contribution in [3.63, 3.8) is 0 Å². The highest BCUT2D eigenvalue weighted by Gasteiger charge is 2.17. The third-order valence-electron chi connectivity index (χ3n) is 3.82. The molecule has 0 aromatic heterocycles. The number of hydrogen-bond acceptors (Lipinski definition) is 2. The maximum atomic E-state index is 11.8. The van der Waals surface area contributed by atoms with Crippen LogP contribution >= 0.6 is 0 Å². The van der Waals surface area contributed by atoms with Gasteiger partial charge in [-0.2, -0.15) is 0 Å². The molecule has 1 unspecified atom stereocenters. The number of ketones is 1. The SMILES string of the molecule is CC(CCN)CCC(=O)CC1CCCCC1. The van der Waals surface area contributed by atoms with Crippen molar-refractivity contribution in [2.45, 2.75) is 64.7 Å². The smallest absolute Gasteiger partial charge is 0.133 e. The van der Waals surface area contributed by atoms with E-state index in [0.717, 1.165) is 32.2 Å². The van der Waals surface area contributed by atoms with Gasteiger partial charge < -0.3 is 5.73 Å². The van der Waals surface area contributed by atoms with Crippen molar-refractivity contribution in [3.8, 4) is 0 Å². The van der Waals surface area contributed by atoms with Crippen LogP contribution in [0.25, 0.3) is 0 Å². The highest BCUT2D eigenvalue weighted by atomic mass is 16.1. The maximum Gasteiger partial charge on any atom is 0.133 e. The first-order chi connectivity index (χ1) is 7.72. The first kappa shape index (κ1) is 13.7. The van der Waals surface area contributed by atoms with E-state index in [1.54, 1.807) is 0 Å². The molecular formula is C14H27NO. The van der Waals surface area contributed by atoms with E-state index in [0.29, 0.717) is 17.6 Å². The van der Waals surface area contributed by atoms with Crippen molar-refractivity contribution in [1.29, 1.82) is 0 Å². The van der Waals surface area contributed by atoms with Gasteiger partial charge in [0.2, 0.25) is 0 Å². The van der Waals surface area contributed by atoms with E-state index < -0.39 is 0 Å². The van der Waals surface area contributed by atoms with Crippen LogP contribution in [0, 0.1) is 11.8 Å². The molecule has 2 heteroatoms. The summed E-state index contributed by atoms with van der Waals surface area (Å²) < 4.78 is 0. The van der Waals surface area contributed by atoms with Crippen molar-refractivity contribution in [2.24, 2.45) is 17.6 Å². The second-order valence-electron chi connectivity index (χ2n) is 5.47. The molecule has 1 rings (SSSR count). The van der Waals surface area contributed by atoms with Crippen LogP contribution in [0.5, 0.6) is 0 Å². The molecule has 2 nitrogen and oxygen atoms in total. The van der Waals surface area contributed by atoms with Gasteiger partial charge in [0.05, 0.1) is 0 Å². The lowest BCUT2D eigenvalue weighted by molar-refractivity contribution is -0.120. The molecule has 0 saturated heterocycles. The molecule has 2 N–H and O–H groups in total. The summed E-state index contributed by atoms with van der Waals surface area (Å²) in [7, 11) is 0. The molecule has 0 aromatic carbocycles. The molecule has 1 saturated carbocycles. The first-order valence-electron chi connectivity index (χ1n) is 6.94. The molecule has 0 aliphatic heterocycles. The lowest BCUT2D eigenvalue weighted by atomic mass is 9.85. The number of Topliss-reactive ketones (excluding diaryl/α,β-unsaturated/α-hetero) is 1. The second-order valence-corrected chi connectivity index (χ2v) is 5.47. The quantitative estimate of drug-likeness (QED) is 0.722. The Bertz CT molecular complexity index is 197. The molecule has 1 fully saturated rings. The highest BCUT2D eigenvalue weighted by Crippen LogP contribution is 2.27. The summed E-state index contributed by atoms with van der Waals surface area (Å²) in [5, 5.41) is 0. The zero-order valence-corrected chi connectivity index (χ0v) is 10.7. The van der Waals surface area contributed by atoms with E-state index in [1.807, 2.05) is 0 Å². The number of carbonyl (C=O) groups excluding carboxylic acids is 1. The third-order valence-corrected chi connectivity index (χ3v) is 3.82. The van der Waals surface area contributed by atoms with Crippen molar-refractivity contribution < 1.29 is 4.79 Å². The Labute approximate surface area is 100.0 Å². The number of hydrogen-bond donors (Lipinski definition) is 1. The zero-order chi connectivity index (χ0) is 11.8. The Kier molecular flexibility index (Phi) is 6.70. The molecule has 0 bridgehead atoms. The van der Waals surface area contributed by atoms with Gasteiger partial charge in [-0.3, -0.25) is 4.79 Å². The molecule has 0 radical (unpaired) electrons. The molecule has 94 valence electrons. The van der Waals surface area contributed by atoms with Crippen LogP contribution in [0.3, 0.4) is 0 Å².